The van der Waals surface area contributed by atoms with E-state index in [-0.39, 0.29) is 0 Å². The molecular formula is C18H12BrClN4. The van der Waals surface area contributed by atoms with Gasteiger partial charge in [-0.2, -0.15) is 5.10 Å². The van der Waals surface area contributed by atoms with Crippen LogP contribution in [0.4, 0.5) is 5.69 Å². The van der Waals surface area contributed by atoms with E-state index in [1.165, 1.54) is 0 Å². The molecule has 6 heteroatoms. The molecule has 0 atom stereocenters. The predicted octanol–water partition coefficient (Wildman–Crippen LogP) is 5.58. The second-order valence-electron chi connectivity index (χ2n) is 5.32. The van der Waals surface area contributed by atoms with Crippen molar-refractivity contribution in [1.29, 1.82) is 0 Å². The Balaban J connectivity index is 1.64. The Morgan fingerprint density at radius 3 is 2.96 bits per heavy atom. The van der Waals surface area contributed by atoms with Gasteiger partial charge in [0.2, 0.25) is 0 Å². The van der Waals surface area contributed by atoms with Crippen LogP contribution in [0.5, 0.6) is 0 Å². The molecule has 4 nitrogen and oxygen atoms in total. The van der Waals surface area contributed by atoms with Gasteiger partial charge in [0.1, 0.15) is 0 Å². The number of pyridine rings is 1. The first-order valence-electron chi connectivity index (χ1n) is 7.31. The van der Waals surface area contributed by atoms with Gasteiger partial charge in [-0.3, -0.25) is 10.4 Å². The molecule has 2 aromatic heterocycles. The van der Waals surface area contributed by atoms with Crippen molar-refractivity contribution in [2.24, 2.45) is 5.10 Å². The van der Waals surface area contributed by atoms with Crippen LogP contribution in [-0.4, -0.2) is 16.2 Å². The number of hydrazone groups is 1. The summed E-state index contributed by atoms with van der Waals surface area (Å²) in [4.78, 5) is 7.56. The lowest BCUT2D eigenvalue weighted by molar-refractivity contribution is 1.33. The molecule has 0 aliphatic rings. The third-order valence-electron chi connectivity index (χ3n) is 3.77. The number of nitrogens with one attached hydrogen (secondary N) is 2. The number of rotatable bonds is 3. The molecule has 0 saturated carbocycles. The Morgan fingerprint density at radius 2 is 2.04 bits per heavy atom. The summed E-state index contributed by atoms with van der Waals surface area (Å²) >= 11 is 9.51. The minimum Gasteiger partial charge on any atom is -0.361 e. The third kappa shape index (κ3) is 2.88. The average molecular weight is 400 g/mol. The fourth-order valence-electron chi connectivity index (χ4n) is 2.61. The fraction of sp³-hybridized carbons (Fsp3) is 0. The monoisotopic (exact) mass is 398 g/mol. The van der Waals surface area contributed by atoms with Crippen molar-refractivity contribution in [2.45, 2.75) is 0 Å². The van der Waals surface area contributed by atoms with Crippen LogP contribution in [0.15, 0.2) is 64.4 Å². The van der Waals surface area contributed by atoms with Crippen LogP contribution in [-0.2, 0) is 0 Å². The Bertz CT molecular complexity index is 1070. The molecule has 2 heterocycles. The molecule has 0 saturated heterocycles. The van der Waals surface area contributed by atoms with Gasteiger partial charge in [0.05, 0.1) is 17.4 Å². The number of hydrogen-bond acceptors (Lipinski definition) is 3. The van der Waals surface area contributed by atoms with Gasteiger partial charge >= 0.3 is 0 Å². The van der Waals surface area contributed by atoms with Gasteiger partial charge in [-0.1, -0.05) is 27.5 Å². The molecule has 2 N–H and O–H groups in total. The first kappa shape index (κ1) is 15.2. The lowest BCUT2D eigenvalue weighted by atomic mass is 10.2. The normalized spacial score (nSPS) is 11.6. The average Bonchev–Trinajstić information content (AvgIpc) is 2.97. The number of hydrogen-bond donors (Lipinski definition) is 2. The summed E-state index contributed by atoms with van der Waals surface area (Å²) in [5.41, 5.74) is 6.89. The summed E-state index contributed by atoms with van der Waals surface area (Å²) in [6.45, 7) is 0. The van der Waals surface area contributed by atoms with Crippen molar-refractivity contribution in [3.63, 3.8) is 0 Å². The number of H-pyrrole nitrogens is 1. The lowest BCUT2D eigenvalue weighted by Crippen LogP contribution is -1.92. The molecule has 0 fully saturated rings. The SMILES string of the molecule is Clc1ccc2c(N/N=C/c3c[nH]c4ccc(Br)cc34)ccnc2c1. The van der Waals surface area contributed by atoms with Crippen LogP contribution >= 0.6 is 27.5 Å². The standard InChI is InChI=1S/C18H12BrClN4/c19-12-1-4-16-15(7-12)11(9-22-16)10-23-24-17-5-6-21-18-8-13(20)2-3-14(17)18/h1-10,22H,(H,21,24)/b23-10+. The number of anilines is 1. The fourth-order valence-corrected chi connectivity index (χ4v) is 3.14. The van der Waals surface area contributed by atoms with E-state index in [0.717, 1.165) is 37.5 Å². The highest BCUT2D eigenvalue weighted by molar-refractivity contribution is 9.10. The highest BCUT2D eigenvalue weighted by atomic mass is 79.9. The number of fused-ring (bicyclic) bond motifs is 2. The minimum absolute atomic E-state index is 0.667. The Labute approximate surface area is 151 Å². The first-order valence-corrected chi connectivity index (χ1v) is 8.48. The van der Waals surface area contributed by atoms with Gasteiger partial charge < -0.3 is 4.98 Å². The van der Waals surface area contributed by atoms with E-state index in [0.29, 0.717) is 5.02 Å². The van der Waals surface area contributed by atoms with Crippen LogP contribution in [0, 0.1) is 0 Å². The third-order valence-corrected chi connectivity index (χ3v) is 4.50. The molecule has 118 valence electrons. The van der Waals surface area contributed by atoms with Crippen LogP contribution in [0.2, 0.25) is 5.02 Å². The summed E-state index contributed by atoms with van der Waals surface area (Å²) in [5, 5.41) is 7.12. The van der Waals surface area contributed by atoms with Crippen LogP contribution < -0.4 is 5.43 Å². The van der Waals surface area contributed by atoms with E-state index < -0.39 is 0 Å². The van der Waals surface area contributed by atoms with E-state index in [1.54, 1.807) is 12.4 Å². The molecule has 2 aromatic carbocycles. The molecule has 24 heavy (non-hydrogen) atoms. The summed E-state index contributed by atoms with van der Waals surface area (Å²) in [6, 6.07) is 13.6. The summed E-state index contributed by atoms with van der Waals surface area (Å²) < 4.78 is 1.04. The Hall–Kier alpha value is -2.37. The maximum atomic E-state index is 6.01. The van der Waals surface area contributed by atoms with Gasteiger partial charge in [-0.15, -0.1) is 0 Å². The quantitative estimate of drug-likeness (QED) is 0.349. The highest BCUT2D eigenvalue weighted by Gasteiger charge is 2.03. The molecule has 0 radical (unpaired) electrons. The zero-order chi connectivity index (χ0) is 16.5. The van der Waals surface area contributed by atoms with Crippen molar-refractivity contribution in [3.05, 3.63) is 69.9 Å². The zero-order valence-electron chi connectivity index (χ0n) is 12.4. The van der Waals surface area contributed by atoms with Crippen molar-refractivity contribution in [2.75, 3.05) is 5.43 Å². The van der Waals surface area contributed by atoms with Gasteiger partial charge in [0, 0.05) is 43.7 Å². The number of aromatic amines is 1. The molecule has 4 aromatic rings. The zero-order valence-corrected chi connectivity index (χ0v) is 14.8. The van der Waals surface area contributed by atoms with Gasteiger partial charge in [0.15, 0.2) is 0 Å². The van der Waals surface area contributed by atoms with Crippen molar-refractivity contribution in [3.8, 4) is 0 Å². The molecule has 0 aliphatic carbocycles. The number of halogens is 2. The molecular weight excluding hydrogens is 388 g/mol. The molecule has 0 unspecified atom stereocenters. The van der Waals surface area contributed by atoms with E-state index in [4.69, 9.17) is 11.6 Å². The van der Waals surface area contributed by atoms with E-state index in [9.17, 15) is 0 Å². The lowest BCUT2D eigenvalue weighted by Gasteiger charge is -2.05. The van der Waals surface area contributed by atoms with Gasteiger partial charge in [-0.25, -0.2) is 0 Å². The van der Waals surface area contributed by atoms with Crippen LogP contribution in [0.3, 0.4) is 0 Å². The van der Waals surface area contributed by atoms with Gasteiger partial charge in [-0.05, 0) is 42.5 Å². The summed E-state index contributed by atoms with van der Waals surface area (Å²) in [7, 11) is 0. The van der Waals surface area contributed by atoms with E-state index in [1.807, 2.05) is 42.6 Å². The van der Waals surface area contributed by atoms with Crippen LogP contribution in [0.1, 0.15) is 5.56 Å². The molecule has 0 amide bonds. The summed E-state index contributed by atoms with van der Waals surface area (Å²) in [5.74, 6) is 0. The van der Waals surface area contributed by atoms with Gasteiger partial charge in [0.25, 0.3) is 0 Å². The smallest absolute Gasteiger partial charge is 0.0738 e. The van der Waals surface area contributed by atoms with E-state index in [2.05, 4.69) is 42.5 Å². The predicted molar refractivity (Wildman–Crippen MR) is 104 cm³/mol. The highest BCUT2D eigenvalue weighted by Crippen LogP contribution is 2.25. The number of aromatic nitrogens is 2. The first-order chi connectivity index (χ1) is 11.7. The Morgan fingerprint density at radius 1 is 1.12 bits per heavy atom. The number of benzene rings is 2. The largest absolute Gasteiger partial charge is 0.361 e. The molecule has 4 rings (SSSR count). The maximum Gasteiger partial charge on any atom is 0.0738 e. The second kappa shape index (κ2) is 6.26. The van der Waals surface area contributed by atoms with Crippen molar-refractivity contribution >= 4 is 61.2 Å². The number of nitrogens with zero attached hydrogens (tertiary/aromatic N) is 2. The van der Waals surface area contributed by atoms with Crippen LogP contribution in [0.25, 0.3) is 21.8 Å². The molecule has 0 bridgehead atoms. The summed E-state index contributed by atoms with van der Waals surface area (Å²) in [6.07, 6.45) is 5.47. The maximum absolute atomic E-state index is 6.01. The van der Waals surface area contributed by atoms with Crippen molar-refractivity contribution in [1.82, 2.24) is 9.97 Å². The molecule has 0 spiro atoms. The van der Waals surface area contributed by atoms with E-state index >= 15 is 0 Å². The topological polar surface area (TPSA) is 53.1 Å². The second-order valence-corrected chi connectivity index (χ2v) is 6.68. The minimum atomic E-state index is 0.667. The molecule has 0 aliphatic heterocycles. The van der Waals surface area contributed by atoms with Crippen molar-refractivity contribution < 1.29 is 0 Å². The Kier molecular flexibility index (Phi) is 3.96.